The molecule has 186 valence electrons. The van der Waals surface area contributed by atoms with Crippen LogP contribution in [0.4, 0.5) is 5.69 Å². The van der Waals surface area contributed by atoms with Gasteiger partial charge in [0, 0.05) is 6.42 Å². The van der Waals surface area contributed by atoms with E-state index in [1.165, 1.54) is 5.01 Å². The first-order valence-corrected chi connectivity index (χ1v) is 12.5. The third-order valence-corrected chi connectivity index (χ3v) is 5.93. The summed E-state index contributed by atoms with van der Waals surface area (Å²) in [7, 11) is 0. The fourth-order valence-electron chi connectivity index (χ4n) is 3.69. The van der Waals surface area contributed by atoms with E-state index in [2.05, 4.69) is 21.4 Å². The lowest BCUT2D eigenvalue weighted by atomic mass is 10.1. The topological polar surface area (TPSA) is 77.1 Å². The largest absolute Gasteiger partial charge is 0.493 e. The van der Waals surface area contributed by atoms with Crippen molar-refractivity contribution >= 4 is 39.5 Å². The van der Waals surface area contributed by atoms with E-state index in [-0.39, 0.29) is 5.57 Å². The zero-order chi connectivity index (χ0) is 25.5. The van der Waals surface area contributed by atoms with Gasteiger partial charge in [0.15, 0.2) is 11.5 Å². The van der Waals surface area contributed by atoms with Crippen LogP contribution in [0, 0.1) is 6.92 Å². The monoisotopic (exact) mass is 550 g/mol. The summed E-state index contributed by atoms with van der Waals surface area (Å²) in [5.74, 6) is 1.02. The smallest absolute Gasteiger partial charge is 0.282 e. The van der Waals surface area contributed by atoms with Gasteiger partial charge in [-0.05, 0) is 83.4 Å². The molecule has 1 heterocycles. The van der Waals surface area contributed by atoms with Gasteiger partial charge in [0.05, 0.1) is 30.0 Å². The molecule has 0 aliphatic carbocycles. The average molecular weight is 551 g/mol. The lowest BCUT2D eigenvalue weighted by Crippen LogP contribution is -2.35. The highest BCUT2D eigenvalue weighted by Crippen LogP contribution is 2.38. The van der Waals surface area contributed by atoms with Gasteiger partial charge in [-0.1, -0.05) is 30.3 Å². The number of hydrogen-bond acceptors (Lipinski definition) is 5. The van der Waals surface area contributed by atoms with Crippen molar-refractivity contribution in [3.63, 3.8) is 0 Å². The highest BCUT2D eigenvalue weighted by Gasteiger charge is 2.34. The van der Waals surface area contributed by atoms with Crippen LogP contribution >= 0.6 is 15.9 Å². The van der Waals surface area contributed by atoms with E-state index in [1.54, 1.807) is 42.5 Å². The van der Waals surface area contributed by atoms with Crippen molar-refractivity contribution in [2.45, 2.75) is 20.3 Å². The van der Waals surface area contributed by atoms with Crippen LogP contribution in [0.1, 0.15) is 24.5 Å². The predicted octanol–water partition coefficient (Wildman–Crippen LogP) is 5.47. The molecule has 0 saturated carbocycles. The first-order chi connectivity index (χ1) is 17.5. The molecule has 1 N–H and O–H groups in total. The van der Waals surface area contributed by atoms with Gasteiger partial charge in [0.1, 0.15) is 11.3 Å². The Kier molecular flexibility index (Phi) is 8.28. The molecule has 8 heteroatoms. The van der Waals surface area contributed by atoms with Crippen molar-refractivity contribution in [1.29, 1.82) is 0 Å². The number of carbonyl (C=O) groups excluding carboxylic acids is 2. The lowest BCUT2D eigenvalue weighted by molar-refractivity contribution is -0.117. The molecular formula is C28H27BrN2O5. The summed E-state index contributed by atoms with van der Waals surface area (Å²) in [6, 6.07) is 20.4. The second kappa shape index (κ2) is 11.8. The number of hydrogen-bond donors (Lipinski definition) is 1. The third-order valence-electron chi connectivity index (χ3n) is 5.34. The summed E-state index contributed by atoms with van der Waals surface area (Å²) in [5, 5.41) is 1.24. The molecule has 0 bridgehead atoms. The third kappa shape index (κ3) is 6.07. The Hall–Kier alpha value is -3.78. The number of amides is 2. The minimum absolute atomic E-state index is 0.0372. The maximum Gasteiger partial charge on any atom is 0.282 e. The van der Waals surface area contributed by atoms with Crippen molar-refractivity contribution in [3.05, 3.63) is 87.9 Å². The molecule has 1 saturated heterocycles. The molecule has 1 aliphatic heterocycles. The van der Waals surface area contributed by atoms with Crippen molar-refractivity contribution < 1.29 is 23.8 Å². The van der Waals surface area contributed by atoms with Gasteiger partial charge < -0.3 is 14.2 Å². The summed E-state index contributed by atoms with van der Waals surface area (Å²) >= 11 is 3.55. The minimum Gasteiger partial charge on any atom is -0.493 e. The number of aryl methyl sites for hydroxylation is 1. The molecule has 4 rings (SSSR count). The highest BCUT2D eigenvalue weighted by atomic mass is 79.9. The number of nitrogens with zero attached hydrogens (tertiary/aromatic N) is 1. The summed E-state index contributed by atoms with van der Waals surface area (Å²) in [6.07, 6.45) is 2.23. The molecule has 1 fully saturated rings. The number of hydrazine groups is 1. The zero-order valence-corrected chi connectivity index (χ0v) is 21.7. The Bertz CT molecular complexity index is 1280. The molecule has 0 unspecified atom stereocenters. The Morgan fingerprint density at radius 1 is 0.944 bits per heavy atom. The van der Waals surface area contributed by atoms with E-state index in [1.807, 2.05) is 44.2 Å². The van der Waals surface area contributed by atoms with E-state index in [0.29, 0.717) is 53.5 Å². The zero-order valence-electron chi connectivity index (χ0n) is 20.1. The van der Waals surface area contributed by atoms with Crippen molar-refractivity contribution in [2.75, 3.05) is 24.8 Å². The summed E-state index contributed by atoms with van der Waals surface area (Å²) in [4.78, 5) is 25.4. The Balaban J connectivity index is 1.45. The van der Waals surface area contributed by atoms with E-state index < -0.39 is 11.8 Å². The van der Waals surface area contributed by atoms with Gasteiger partial charge in [-0.3, -0.25) is 15.0 Å². The lowest BCUT2D eigenvalue weighted by Gasteiger charge is -2.15. The first-order valence-electron chi connectivity index (χ1n) is 11.7. The molecule has 7 nitrogen and oxygen atoms in total. The van der Waals surface area contributed by atoms with Gasteiger partial charge in [0.25, 0.3) is 11.8 Å². The quantitative estimate of drug-likeness (QED) is 0.206. The van der Waals surface area contributed by atoms with Crippen LogP contribution in [-0.2, 0) is 9.59 Å². The van der Waals surface area contributed by atoms with E-state index in [4.69, 9.17) is 14.2 Å². The first kappa shape index (κ1) is 25.3. The molecule has 0 radical (unpaired) electrons. The van der Waals surface area contributed by atoms with Gasteiger partial charge in [-0.25, -0.2) is 5.01 Å². The molecule has 0 spiro atoms. The Labute approximate surface area is 218 Å². The SMILES string of the molecule is CCOc1cc(C=C2C(=O)NN(c3ccccc3)C2=O)cc(Br)c1OCCCOc1cccc(C)c1. The number of rotatable bonds is 10. The van der Waals surface area contributed by atoms with Crippen LogP contribution in [0.3, 0.4) is 0 Å². The summed E-state index contributed by atoms with van der Waals surface area (Å²) in [6.45, 7) is 5.28. The van der Waals surface area contributed by atoms with Gasteiger partial charge in [0.2, 0.25) is 0 Å². The maximum atomic E-state index is 12.9. The summed E-state index contributed by atoms with van der Waals surface area (Å²) < 4.78 is 18.2. The molecule has 1 aliphatic rings. The molecule has 2 amide bonds. The number of ether oxygens (including phenoxy) is 3. The van der Waals surface area contributed by atoms with Gasteiger partial charge >= 0.3 is 0 Å². The highest BCUT2D eigenvalue weighted by molar-refractivity contribution is 9.10. The number of nitrogens with one attached hydrogen (secondary N) is 1. The average Bonchev–Trinajstić information content (AvgIpc) is 3.14. The van der Waals surface area contributed by atoms with Crippen LogP contribution < -0.4 is 24.6 Å². The Morgan fingerprint density at radius 3 is 2.47 bits per heavy atom. The molecular weight excluding hydrogens is 524 g/mol. The van der Waals surface area contributed by atoms with E-state index in [0.717, 1.165) is 11.3 Å². The van der Waals surface area contributed by atoms with Crippen molar-refractivity contribution in [3.8, 4) is 17.2 Å². The number of anilines is 1. The van der Waals surface area contributed by atoms with Crippen LogP contribution in [0.15, 0.2) is 76.8 Å². The van der Waals surface area contributed by atoms with Crippen LogP contribution in [-0.4, -0.2) is 31.6 Å². The summed E-state index contributed by atoms with van der Waals surface area (Å²) in [5.41, 5.74) is 5.01. The number of carbonyl (C=O) groups is 2. The second-order valence-corrected chi connectivity index (χ2v) is 8.96. The van der Waals surface area contributed by atoms with E-state index in [9.17, 15) is 9.59 Å². The Morgan fingerprint density at radius 2 is 1.72 bits per heavy atom. The fraction of sp³-hybridized carbons (Fsp3) is 0.214. The van der Waals surface area contributed by atoms with Crippen LogP contribution in [0.25, 0.3) is 6.08 Å². The standard InChI is InChI=1S/C28H27BrN2O5/c1-3-34-25-18-20(16-23-27(32)30-31(28(23)33)21-10-5-4-6-11-21)17-24(29)26(25)36-14-8-13-35-22-12-7-9-19(2)15-22/h4-7,9-12,15-18H,3,8,13-14H2,1-2H3,(H,30,32). The molecule has 3 aromatic rings. The minimum atomic E-state index is -0.466. The van der Waals surface area contributed by atoms with Crippen molar-refractivity contribution in [2.24, 2.45) is 0 Å². The van der Waals surface area contributed by atoms with Gasteiger partial charge in [-0.2, -0.15) is 0 Å². The number of benzene rings is 3. The number of para-hydroxylation sites is 1. The second-order valence-electron chi connectivity index (χ2n) is 8.11. The van der Waals surface area contributed by atoms with E-state index >= 15 is 0 Å². The number of halogens is 1. The molecule has 36 heavy (non-hydrogen) atoms. The van der Waals surface area contributed by atoms with Crippen molar-refractivity contribution in [1.82, 2.24) is 5.43 Å². The van der Waals surface area contributed by atoms with Crippen LogP contribution in [0.2, 0.25) is 0 Å². The maximum absolute atomic E-state index is 12.9. The van der Waals surface area contributed by atoms with Crippen LogP contribution in [0.5, 0.6) is 17.2 Å². The fourth-order valence-corrected chi connectivity index (χ4v) is 4.26. The molecule has 0 atom stereocenters. The molecule has 0 aromatic heterocycles. The normalized spacial score (nSPS) is 14.2. The molecule has 3 aromatic carbocycles. The predicted molar refractivity (Wildman–Crippen MR) is 142 cm³/mol. The van der Waals surface area contributed by atoms with Gasteiger partial charge in [-0.15, -0.1) is 0 Å².